The average Bonchev–Trinajstić information content (AvgIpc) is 2.27. The van der Waals surface area contributed by atoms with Crippen molar-refractivity contribution in [2.45, 2.75) is 46.3 Å². The summed E-state index contributed by atoms with van der Waals surface area (Å²) in [6, 6.07) is 8.77. The summed E-state index contributed by atoms with van der Waals surface area (Å²) < 4.78 is 0. The molecule has 1 rings (SSSR count). The standard InChI is InChI=1S/C15H25NO/c1-11(2)15(5,17)10-16-13(4)14-8-6-12(3)7-9-14/h6-9,11,13,16-17H,10H2,1-5H3/t13-,15?/m1/s1. The summed E-state index contributed by atoms with van der Waals surface area (Å²) in [6.07, 6.45) is 0. The second kappa shape index (κ2) is 5.65. The van der Waals surface area contributed by atoms with Crippen LogP contribution in [0.15, 0.2) is 24.3 Å². The van der Waals surface area contributed by atoms with E-state index in [1.807, 2.05) is 20.8 Å². The fraction of sp³-hybridized carbons (Fsp3) is 0.600. The van der Waals surface area contributed by atoms with E-state index in [0.29, 0.717) is 6.54 Å². The van der Waals surface area contributed by atoms with E-state index in [-0.39, 0.29) is 12.0 Å². The second-order valence-corrected chi connectivity index (χ2v) is 5.53. The van der Waals surface area contributed by atoms with E-state index >= 15 is 0 Å². The van der Waals surface area contributed by atoms with Gasteiger partial charge in [-0.2, -0.15) is 0 Å². The van der Waals surface area contributed by atoms with Gasteiger partial charge in [-0.25, -0.2) is 0 Å². The predicted molar refractivity (Wildman–Crippen MR) is 73.1 cm³/mol. The maximum absolute atomic E-state index is 10.2. The van der Waals surface area contributed by atoms with E-state index in [4.69, 9.17) is 0 Å². The van der Waals surface area contributed by atoms with E-state index in [1.165, 1.54) is 11.1 Å². The zero-order valence-electron chi connectivity index (χ0n) is 11.6. The van der Waals surface area contributed by atoms with E-state index in [9.17, 15) is 5.11 Å². The molecule has 0 aliphatic heterocycles. The first-order valence-corrected chi connectivity index (χ1v) is 6.35. The zero-order chi connectivity index (χ0) is 13.1. The van der Waals surface area contributed by atoms with Crippen molar-refractivity contribution >= 4 is 0 Å². The van der Waals surface area contributed by atoms with Gasteiger partial charge < -0.3 is 10.4 Å². The third kappa shape index (κ3) is 4.14. The minimum atomic E-state index is -0.654. The monoisotopic (exact) mass is 235 g/mol. The third-order valence-corrected chi connectivity index (χ3v) is 3.59. The van der Waals surface area contributed by atoms with Crippen LogP contribution in [0.2, 0.25) is 0 Å². The minimum absolute atomic E-state index is 0.250. The summed E-state index contributed by atoms with van der Waals surface area (Å²) in [5, 5.41) is 13.6. The molecule has 96 valence electrons. The highest BCUT2D eigenvalue weighted by Crippen LogP contribution is 2.18. The largest absolute Gasteiger partial charge is 0.389 e. The van der Waals surface area contributed by atoms with Gasteiger partial charge in [0.25, 0.3) is 0 Å². The van der Waals surface area contributed by atoms with Crippen molar-refractivity contribution < 1.29 is 5.11 Å². The number of hydrogen-bond donors (Lipinski definition) is 2. The summed E-state index contributed by atoms with van der Waals surface area (Å²) in [5.41, 5.74) is 1.88. The molecule has 2 nitrogen and oxygen atoms in total. The van der Waals surface area contributed by atoms with Crippen LogP contribution in [0.25, 0.3) is 0 Å². The Morgan fingerprint density at radius 2 is 1.71 bits per heavy atom. The van der Waals surface area contributed by atoms with Gasteiger partial charge in [0, 0.05) is 12.6 Å². The van der Waals surface area contributed by atoms with Gasteiger partial charge >= 0.3 is 0 Å². The smallest absolute Gasteiger partial charge is 0.0766 e. The Morgan fingerprint density at radius 3 is 2.18 bits per heavy atom. The van der Waals surface area contributed by atoms with Crippen LogP contribution >= 0.6 is 0 Å². The lowest BCUT2D eigenvalue weighted by molar-refractivity contribution is 0.0122. The Morgan fingerprint density at radius 1 is 1.18 bits per heavy atom. The first kappa shape index (κ1) is 14.2. The van der Waals surface area contributed by atoms with Crippen LogP contribution < -0.4 is 5.32 Å². The van der Waals surface area contributed by atoms with Crippen molar-refractivity contribution in [1.29, 1.82) is 0 Å². The number of benzene rings is 1. The third-order valence-electron chi connectivity index (χ3n) is 3.59. The molecule has 2 heteroatoms. The molecular weight excluding hydrogens is 210 g/mol. The molecule has 17 heavy (non-hydrogen) atoms. The maximum atomic E-state index is 10.2. The summed E-state index contributed by atoms with van der Waals surface area (Å²) in [5.74, 6) is 0.250. The van der Waals surface area contributed by atoms with E-state index in [0.717, 1.165) is 0 Å². The van der Waals surface area contributed by atoms with E-state index in [2.05, 4.69) is 43.4 Å². The molecule has 0 saturated carbocycles. The molecule has 0 saturated heterocycles. The number of hydrogen-bond acceptors (Lipinski definition) is 2. The zero-order valence-corrected chi connectivity index (χ0v) is 11.6. The Hall–Kier alpha value is -0.860. The topological polar surface area (TPSA) is 32.3 Å². The molecule has 0 heterocycles. The molecule has 0 aliphatic rings. The molecule has 1 aromatic carbocycles. The molecule has 0 spiro atoms. The molecule has 1 aromatic rings. The molecule has 0 amide bonds. The fourth-order valence-corrected chi connectivity index (χ4v) is 1.54. The maximum Gasteiger partial charge on any atom is 0.0766 e. The normalized spacial score (nSPS) is 16.9. The lowest BCUT2D eigenvalue weighted by atomic mass is 9.92. The molecule has 0 bridgehead atoms. The van der Waals surface area contributed by atoms with Gasteiger partial charge in [0.15, 0.2) is 0 Å². The van der Waals surface area contributed by atoms with Gasteiger partial charge in [-0.1, -0.05) is 43.7 Å². The number of nitrogens with one attached hydrogen (secondary N) is 1. The lowest BCUT2D eigenvalue weighted by Gasteiger charge is -2.29. The fourth-order valence-electron chi connectivity index (χ4n) is 1.54. The van der Waals surface area contributed by atoms with Gasteiger partial charge in [0.2, 0.25) is 0 Å². The van der Waals surface area contributed by atoms with Crippen LogP contribution in [0.1, 0.15) is 44.9 Å². The van der Waals surface area contributed by atoms with Gasteiger partial charge in [0.05, 0.1) is 5.60 Å². The Kier molecular flexibility index (Phi) is 4.72. The highest BCUT2D eigenvalue weighted by Gasteiger charge is 2.25. The van der Waals surface area contributed by atoms with Crippen LogP contribution in [0.4, 0.5) is 0 Å². The minimum Gasteiger partial charge on any atom is -0.389 e. The highest BCUT2D eigenvalue weighted by atomic mass is 16.3. The number of aliphatic hydroxyl groups is 1. The summed E-state index contributed by atoms with van der Waals surface area (Å²) in [7, 11) is 0. The number of rotatable bonds is 5. The van der Waals surface area contributed by atoms with Crippen molar-refractivity contribution in [3.8, 4) is 0 Å². The quantitative estimate of drug-likeness (QED) is 0.822. The first-order valence-electron chi connectivity index (χ1n) is 6.35. The lowest BCUT2D eigenvalue weighted by Crippen LogP contribution is -2.42. The first-order chi connectivity index (χ1) is 7.83. The average molecular weight is 235 g/mol. The summed E-state index contributed by atoms with van der Waals surface area (Å²) in [4.78, 5) is 0. The Labute approximate surface area is 105 Å². The van der Waals surface area contributed by atoms with Crippen LogP contribution in [0.5, 0.6) is 0 Å². The van der Waals surface area contributed by atoms with E-state index < -0.39 is 5.60 Å². The second-order valence-electron chi connectivity index (χ2n) is 5.53. The van der Waals surface area contributed by atoms with Gasteiger partial charge in [-0.3, -0.25) is 0 Å². The molecule has 1 unspecified atom stereocenters. The molecule has 0 radical (unpaired) electrons. The van der Waals surface area contributed by atoms with Crippen LogP contribution in [-0.2, 0) is 0 Å². The molecular formula is C15H25NO. The summed E-state index contributed by atoms with van der Waals surface area (Å²) >= 11 is 0. The Balaban J connectivity index is 2.55. The van der Waals surface area contributed by atoms with Crippen molar-refractivity contribution in [1.82, 2.24) is 5.32 Å². The van der Waals surface area contributed by atoms with Crippen molar-refractivity contribution in [3.63, 3.8) is 0 Å². The highest BCUT2D eigenvalue weighted by molar-refractivity contribution is 5.23. The molecule has 2 N–H and O–H groups in total. The van der Waals surface area contributed by atoms with Crippen molar-refractivity contribution in [2.24, 2.45) is 5.92 Å². The SMILES string of the molecule is Cc1ccc([C@@H](C)NCC(C)(O)C(C)C)cc1. The molecule has 0 aliphatic carbocycles. The molecule has 0 fully saturated rings. The van der Waals surface area contributed by atoms with Crippen LogP contribution in [0.3, 0.4) is 0 Å². The molecule has 0 aromatic heterocycles. The van der Waals surface area contributed by atoms with Crippen molar-refractivity contribution in [2.75, 3.05) is 6.54 Å². The predicted octanol–water partition coefficient (Wildman–Crippen LogP) is 3.05. The Bertz CT molecular complexity index is 340. The number of aryl methyl sites for hydroxylation is 1. The van der Waals surface area contributed by atoms with Crippen molar-refractivity contribution in [3.05, 3.63) is 35.4 Å². The molecule has 2 atom stereocenters. The summed E-state index contributed by atoms with van der Waals surface area (Å²) in [6.45, 7) is 10.8. The van der Waals surface area contributed by atoms with Gasteiger partial charge in [-0.05, 0) is 32.3 Å². The van der Waals surface area contributed by atoms with Crippen LogP contribution in [-0.4, -0.2) is 17.3 Å². The van der Waals surface area contributed by atoms with E-state index in [1.54, 1.807) is 0 Å². The van der Waals surface area contributed by atoms with Crippen LogP contribution in [0, 0.1) is 12.8 Å². The van der Waals surface area contributed by atoms with Gasteiger partial charge in [0.1, 0.15) is 0 Å². The van der Waals surface area contributed by atoms with Gasteiger partial charge in [-0.15, -0.1) is 0 Å².